The Kier molecular flexibility index (Phi) is 6.36. The zero-order chi connectivity index (χ0) is 24.4. The lowest BCUT2D eigenvalue weighted by Gasteiger charge is -2.24. The van der Waals surface area contributed by atoms with Crippen molar-refractivity contribution in [1.82, 2.24) is 15.1 Å². The van der Waals surface area contributed by atoms with Crippen LogP contribution >= 0.6 is 23.2 Å². The number of carbonyl (C=O) groups excluding carboxylic acids is 1. The number of ether oxygens (including phenoxy) is 1. The Morgan fingerprint density at radius 1 is 1.12 bits per heavy atom. The van der Waals surface area contributed by atoms with Crippen LogP contribution in [-0.2, 0) is 0 Å². The van der Waals surface area contributed by atoms with Gasteiger partial charge in [-0.2, -0.15) is 15.4 Å². The third-order valence-electron chi connectivity index (χ3n) is 4.93. The number of urea groups is 1. The number of halogens is 2. The molecule has 1 aliphatic heterocycles. The van der Waals surface area contributed by atoms with E-state index in [9.17, 15) is 9.59 Å². The van der Waals surface area contributed by atoms with Crippen molar-refractivity contribution in [3.8, 4) is 17.7 Å². The molecule has 2 heterocycles. The largest absolute Gasteiger partial charge is 0.434 e. The number of rotatable bonds is 5. The first kappa shape index (κ1) is 23.0. The monoisotopic (exact) mass is 494 g/mol. The van der Waals surface area contributed by atoms with Crippen molar-refractivity contribution in [2.45, 2.75) is 13.0 Å². The summed E-state index contributed by atoms with van der Waals surface area (Å²) in [5.41, 5.74) is 0.822. The average Bonchev–Trinajstić information content (AvgIpc) is 2.82. The standard InChI is InChI=1S/C23H16Cl2N6O3/c1-13-19(12-26)28-31(23(33)27-13)16-10-17(24)22(18(25)11-16)34-20-8-9-21(32)30(29-20)14(2)15-6-4-3-5-7-15/h3-11,14H,1H2,2H3,(H,27,33)/t14-/m0/s1. The Morgan fingerprint density at radius 2 is 1.79 bits per heavy atom. The SMILES string of the molecule is C=C1NC(=O)N(c2cc(Cl)c(Oc3ccc(=O)n([C@@H](C)c4ccccc4)n3)c(Cl)c2)N=C1C#N. The van der Waals surface area contributed by atoms with Gasteiger partial charge in [0, 0.05) is 12.1 Å². The van der Waals surface area contributed by atoms with E-state index in [1.54, 1.807) is 0 Å². The Morgan fingerprint density at radius 3 is 2.44 bits per heavy atom. The number of hydrogen-bond donors (Lipinski definition) is 1. The highest BCUT2D eigenvalue weighted by molar-refractivity contribution is 6.37. The number of allylic oxidation sites excluding steroid dienone is 1. The minimum Gasteiger partial charge on any atom is -0.434 e. The summed E-state index contributed by atoms with van der Waals surface area (Å²) in [5.74, 6) is 0.166. The van der Waals surface area contributed by atoms with Gasteiger partial charge >= 0.3 is 6.03 Å². The number of nitriles is 1. The summed E-state index contributed by atoms with van der Waals surface area (Å²) in [6, 6.07) is 15.8. The van der Waals surface area contributed by atoms with Crippen molar-refractivity contribution in [3.05, 3.63) is 92.8 Å². The minimum absolute atomic E-state index is 0.0593. The number of anilines is 1. The van der Waals surface area contributed by atoms with Crippen LogP contribution in [0.5, 0.6) is 11.6 Å². The summed E-state index contributed by atoms with van der Waals surface area (Å²) in [6.45, 7) is 5.41. The number of hydrogen-bond acceptors (Lipinski definition) is 6. The third kappa shape index (κ3) is 4.50. The zero-order valence-corrected chi connectivity index (χ0v) is 19.2. The van der Waals surface area contributed by atoms with Gasteiger partial charge in [0.15, 0.2) is 11.5 Å². The molecular formula is C23H16Cl2N6O3. The average molecular weight is 495 g/mol. The molecule has 1 N–H and O–H groups in total. The fourth-order valence-electron chi connectivity index (χ4n) is 3.20. The summed E-state index contributed by atoms with van der Waals surface area (Å²) in [5, 5.41) is 20.9. The number of hydrazone groups is 1. The molecule has 3 aromatic rings. The molecule has 0 radical (unpaired) electrons. The van der Waals surface area contributed by atoms with Gasteiger partial charge in [-0.15, -0.1) is 5.10 Å². The predicted molar refractivity (Wildman–Crippen MR) is 128 cm³/mol. The molecule has 1 aromatic heterocycles. The quantitative estimate of drug-likeness (QED) is 0.543. The molecule has 0 bridgehead atoms. The van der Waals surface area contributed by atoms with Crippen molar-refractivity contribution in [1.29, 1.82) is 5.26 Å². The van der Waals surface area contributed by atoms with Crippen LogP contribution in [0.4, 0.5) is 10.5 Å². The molecular weight excluding hydrogens is 479 g/mol. The molecule has 0 fully saturated rings. The Labute approximate surface area is 204 Å². The maximum absolute atomic E-state index is 12.4. The molecule has 34 heavy (non-hydrogen) atoms. The molecule has 9 nitrogen and oxygen atoms in total. The number of aromatic nitrogens is 2. The van der Waals surface area contributed by atoms with Crippen LogP contribution in [0.1, 0.15) is 18.5 Å². The van der Waals surface area contributed by atoms with Crippen molar-refractivity contribution in [3.63, 3.8) is 0 Å². The van der Waals surface area contributed by atoms with E-state index in [2.05, 4.69) is 22.1 Å². The molecule has 11 heteroatoms. The Bertz CT molecular complexity index is 1410. The maximum Gasteiger partial charge on any atom is 0.347 e. The van der Waals surface area contributed by atoms with Gasteiger partial charge in [0.2, 0.25) is 5.88 Å². The van der Waals surface area contributed by atoms with Crippen LogP contribution < -0.4 is 20.6 Å². The van der Waals surface area contributed by atoms with Gasteiger partial charge in [0.25, 0.3) is 5.56 Å². The summed E-state index contributed by atoms with van der Waals surface area (Å²) in [7, 11) is 0. The van der Waals surface area contributed by atoms with Crippen molar-refractivity contribution < 1.29 is 9.53 Å². The zero-order valence-electron chi connectivity index (χ0n) is 17.7. The molecule has 1 atom stereocenters. The van der Waals surface area contributed by atoms with Gasteiger partial charge in [-0.3, -0.25) is 4.79 Å². The molecule has 0 aliphatic carbocycles. The summed E-state index contributed by atoms with van der Waals surface area (Å²) < 4.78 is 7.09. The number of carbonyl (C=O) groups is 1. The minimum atomic E-state index is -0.631. The maximum atomic E-state index is 12.4. The molecule has 0 spiro atoms. The first-order chi connectivity index (χ1) is 16.3. The van der Waals surface area contributed by atoms with E-state index in [4.69, 9.17) is 33.2 Å². The first-order valence-electron chi connectivity index (χ1n) is 9.89. The smallest absolute Gasteiger partial charge is 0.347 e. The lowest BCUT2D eigenvalue weighted by molar-refractivity contribution is 0.248. The first-order valence-corrected chi connectivity index (χ1v) is 10.6. The normalized spacial score (nSPS) is 14.2. The molecule has 0 saturated heterocycles. The fourth-order valence-corrected chi connectivity index (χ4v) is 3.75. The highest BCUT2D eigenvalue weighted by Crippen LogP contribution is 2.39. The number of benzene rings is 2. The number of amides is 2. The van der Waals surface area contributed by atoms with E-state index in [-0.39, 0.29) is 50.4 Å². The van der Waals surface area contributed by atoms with Gasteiger partial charge in [0.05, 0.1) is 27.5 Å². The summed E-state index contributed by atoms with van der Waals surface area (Å²) in [4.78, 5) is 24.7. The van der Waals surface area contributed by atoms with E-state index in [0.29, 0.717) is 0 Å². The van der Waals surface area contributed by atoms with Crippen molar-refractivity contribution in [2.24, 2.45) is 5.10 Å². The molecule has 0 saturated carbocycles. The van der Waals surface area contributed by atoms with E-state index in [0.717, 1.165) is 10.6 Å². The Balaban J connectivity index is 1.65. The van der Waals surface area contributed by atoms with Crippen LogP contribution in [0.3, 0.4) is 0 Å². The highest BCUT2D eigenvalue weighted by Gasteiger charge is 2.26. The van der Waals surface area contributed by atoms with E-state index in [1.807, 2.05) is 43.3 Å². The van der Waals surface area contributed by atoms with Gasteiger partial charge in [0.1, 0.15) is 6.07 Å². The third-order valence-corrected chi connectivity index (χ3v) is 5.49. The van der Waals surface area contributed by atoms with Gasteiger partial charge in [-0.05, 0) is 24.6 Å². The molecule has 170 valence electrons. The fraction of sp³-hybridized carbons (Fsp3) is 0.0870. The predicted octanol–water partition coefficient (Wildman–Crippen LogP) is 4.87. The molecule has 1 aliphatic rings. The molecule has 2 amide bonds. The van der Waals surface area contributed by atoms with Crippen molar-refractivity contribution in [2.75, 3.05) is 5.01 Å². The van der Waals surface area contributed by atoms with Crippen LogP contribution in [-0.4, -0.2) is 21.5 Å². The summed E-state index contributed by atoms with van der Waals surface area (Å²) >= 11 is 12.8. The van der Waals surface area contributed by atoms with Crippen LogP contribution in [0.2, 0.25) is 10.0 Å². The lowest BCUT2D eigenvalue weighted by atomic mass is 10.1. The van der Waals surface area contributed by atoms with Crippen LogP contribution in [0, 0.1) is 11.3 Å². The second-order valence-corrected chi connectivity index (χ2v) is 7.98. The molecule has 2 aromatic carbocycles. The molecule has 4 rings (SSSR count). The lowest BCUT2D eigenvalue weighted by Crippen LogP contribution is -2.42. The second kappa shape index (κ2) is 9.39. The van der Waals surface area contributed by atoms with Crippen molar-refractivity contribution >= 4 is 40.6 Å². The number of nitrogens with zero attached hydrogens (tertiary/aromatic N) is 5. The second-order valence-electron chi connectivity index (χ2n) is 7.16. The summed E-state index contributed by atoms with van der Waals surface area (Å²) in [6.07, 6.45) is 0. The van der Waals surface area contributed by atoms with Crippen LogP contribution in [0.15, 0.2) is 76.8 Å². The topological polar surface area (TPSA) is 113 Å². The van der Waals surface area contributed by atoms with Gasteiger partial charge in [-0.25, -0.2) is 9.48 Å². The Hall–Kier alpha value is -4.13. The number of nitrogens with one attached hydrogen (secondary N) is 1. The highest BCUT2D eigenvalue weighted by atomic mass is 35.5. The van der Waals surface area contributed by atoms with Gasteiger partial charge < -0.3 is 10.1 Å². The van der Waals surface area contributed by atoms with Crippen LogP contribution in [0.25, 0.3) is 0 Å². The van der Waals surface area contributed by atoms with E-state index < -0.39 is 6.03 Å². The van der Waals surface area contributed by atoms with Gasteiger partial charge in [-0.1, -0.05) is 60.1 Å². The molecule has 0 unspecified atom stereocenters. The van der Waals surface area contributed by atoms with E-state index in [1.165, 1.54) is 28.9 Å². The van der Waals surface area contributed by atoms with E-state index >= 15 is 0 Å².